The fourth-order valence-electron chi connectivity index (χ4n) is 2.42. The average molecular weight is 334 g/mol. The first-order valence-corrected chi connectivity index (χ1v) is 8.83. The molecule has 0 aliphatic carbocycles. The van der Waals surface area contributed by atoms with Crippen LogP contribution in [0.2, 0.25) is 0 Å². The molecule has 1 aliphatic heterocycles. The lowest BCUT2D eigenvalue weighted by Crippen LogP contribution is -2.07. The summed E-state index contributed by atoms with van der Waals surface area (Å²) in [6.07, 6.45) is 2.03. The summed E-state index contributed by atoms with van der Waals surface area (Å²) in [5, 5.41) is 10.8. The predicted molar refractivity (Wildman–Crippen MR) is 85.5 cm³/mol. The van der Waals surface area contributed by atoms with Gasteiger partial charge in [-0.15, -0.1) is 0 Å². The number of benzene rings is 1. The Morgan fingerprint density at radius 1 is 1.30 bits per heavy atom. The van der Waals surface area contributed by atoms with E-state index in [0.717, 1.165) is 0 Å². The van der Waals surface area contributed by atoms with Crippen molar-refractivity contribution >= 4 is 21.7 Å². The highest BCUT2D eigenvalue weighted by molar-refractivity contribution is 7.91. The van der Waals surface area contributed by atoms with E-state index >= 15 is 0 Å². The second kappa shape index (κ2) is 5.96. The summed E-state index contributed by atoms with van der Waals surface area (Å²) in [6, 6.07) is 9.32. The van der Waals surface area contributed by atoms with Gasteiger partial charge in [-0.3, -0.25) is 15.1 Å². The monoisotopic (exact) mass is 334 g/mol. The SMILES string of the molecule is O=[N+]([O-])c1cccc(-c2ccc(C=N[C@@H]3CCS(=O)(=O)C3)o2)c1. The van der Waals surface area contributed by atoms with Crippen molar-refractivity contribution in [2.24, 2.45) is 4.99 Å². The molecule has 0 spiro atoms. The van der Waals surface area contributed by atoms with E-state index in [0.29, 0.717) is 23.5 Å². The van der Waals surface area contributed by atoms with Crippen LogP contribution >= 0.6 is 0 Å². The van der Waals surface area contributed by atoms with E-state index in [4.69, 9.17) is 4.42 Å². The lowest BCUT2D eigenvalue weighted by Gasteiger charge is -1.98. The van der Waals surface area contributed by atoms with E-state index in [9.17, 15) is 18.5 Å². The zero-order valence-corrected chi connectivity index (χ0v) is 12.9. The van der Waals surface area contributed by atoms with Gasteiger partial charge in [0.05, 0.1) is 28.7 Å². The number of nitrogens with zero attached hydrogens (tertiary/aromatic N) is 2. The molecule has 120 valence electrons. The molecule has 7 nitrogen and oxygen atoms in total. The number of aliphatic imine (C=N–C) groups is 1. The Hall–Kier alpha value is -2.48. The molecule has 0 N–H and O–H groups in total. The molecule has 1 aliphatic rings. The normalized spacial score (nSPS) is 20.1. The maximum Gasteiger partial charge on any atom is 0.270 e. The standard InChI is InChI=1S/C15H14N2O5S/c18-17(19)13-3-1-2-11(8-13)15-5-4-14(22-15)9-16-12-6-7-23(20,21)10-12/h1-5,8-9,12H,6-7,10H2/t12-/m1/s1. The van der Waals surface area contributed by atoms with E-state index in [1.165, 1.54) is 18.3 Å². The van der Waals surface area contributed by atoms with Gasteiger partial charge in [-0.2, -0.15) is 0 Å². The van der Waals surface area contributed by atoms with Crippen molar-refractivity contribution in [1.29, 1.82) is 0 Å². The van der Waals surface area contributed by atoms with Crippen molar-refractivity contribution in [2.45, 2.75) is 12.5 Å². The highest BCUT2D eigenvalue weighted by Crippen LogP contribution is 2.25. The number of hydrogen-bond donors (Lipinski definition) is 0. The molecule has 23 heavy (non-hydrogen) atoms. The lowest BCUT2D eigenvalue weighted by molar-refractivity contribution is -0.384. The Kier molecular flexibility index (Phi) is 3.99. The van der Waals surface area contributed by atoms with Crippen LogP contribution in [0.15, 0.2) is 45.8 Å². The summed E-state index contributed by atoms with van der Waals surface area (Å²) in [5.74, 6) is 1.22. The van der Waals surface area contributed by atoms with Gasteiger partial charge >= 0.3 is 0 Å². The zero-order valence-electron chi connectivity index (χ0n) is 12.1. The van der Waals surface area contributed by atoms with Gasteiger partial charge < -0.3 is 4.42 Å². The highest BCUT2D eigenvalue weighted by atomic mass is 32.2. The number of non-ortho nitro benzene ring substituents is 1. The Balaban J connectivity index is 1.76. The Morgan fingerprint density at radius 2 is 2.13 bits per heavy atom. The summed E-state index contributed by atoms with van der Waals surface area (Å²) in [4.78, 5) is 14.6. The summed E-state index contributed by atoms with van der Waals surface area (Å²) in [6.45, 7) is 0. The van der Waals surface area contributed by atoms with Gasteiger partial charge in [0.15, 0.2) is 9.84 Å². The minimum Gasteiger partial charge on any atom is -0.455 e. The van der Waals surface area contributed by atoms with Crippen LogP contribution in [0, 0.1) is 10.1 Å². The molecular formula is C15H14N2O5S. The van der Waals surface area contributed by atoms with E-state index in [2.05, 4.69) is 4.99 Å². The maximum atomic E-state index is 11.4. The first kappa shape index (κ1) is 15.4. The van der Waals surface area contributed by atoms with Crippen molar-refractivity contribution in [3.63, 3.8) is 0 Å². The van der Waals surface area contributed by atoms with Crippen molar-refractivity contribution < 1.29 is 17.8 Å². The fraction of sp³-hybridized carbons (Fsp3) is 0.267. The smallest absolute Gasteiger partial charge is 0.270 e. The molecule has 2 heterocycles. The molecule has 0 unspecified atom stereocenters. The van der Waals surface area contributed by atoms with Gasteiger partial charge in [0.25, 0.3) is 5.69 Å². The summed E-state index contributed by atoms with van der Waals surface area (Å²) in [7, 11) is -2.96. The third-order valence-corrected chi connectivity index (χ3v) is 5.34. The molecule has 2 aromatic rings. The molecule has 8 heteroatoms. The zero-order chi connectivity index (χ0) is 16.4. The molecule has 1 aromatic carbocycles. The second-order valence-electron chi connectivity index (χ2n) is 5.34. The molecule has 0 amide bonds. The van der Waals surface area contributed by atoms with Crippen LogP contribution < -0.4 is 0 Å². The summed E-state index contributed by atoms with van der Waals surface area (Å²) < 4.78 is 28.3. The molecule has 0 bridgehead atoms. The molecule has 1 saturated heterocycles. The fourth-order valence-corrected chi connectivity index (χ4v) is 4.06. The molecule has 1 atom stereocenters. The van der Waals surface area contributed by atoms with Crippen molar-refractivity contribution in [3.05, 3.63) is 52.3 Å². The van der Waals surface area contributed by atoms with E-state index in [-0.39, 0.29) is 23.2 Å². The number of sulfone groups is 1. The first-order valence-electron chi connectivity index (χ1n) is 7.01. The van der Waals surface area contributed by atoms with Gasteiger partial charge in [0.2, 0.25) is 0 Å². The van der Waals surface area contributed by atoms with Gasteiger partial charge in [-0.1, -0.05) is 12.1 Å². The van der Waals surface area contributed by atoms with Crippen LogP contribution in [-0.2, 0) is 9.84 Å². The van der Waals surface area contributed by atoms with Crippen molar-refractivity contribution in [2.75, 3.05) is 11.5 Å². The molecule has 0 radical (unpaired) electrons. The average Bonchev–Trinajstić information content (AvgIpc) is 3.11. The predicted octanol–water partition coefficient (Wildman–Crippen LogP) is 2.46. The number of rotatable bonds is 4. The minimum absolute atomic E-state index is 0.00900. The van der Waals surface area contributed by atoms with Crippen LogP contribution in [-0.4, -0.2) is 37.1 Å². The van der Waals surface area contributed by atoms with Crippen LogP contribution in [0.3, 0.4) is 0 Å². The first-order chi connectivity index (χ1) is 10.9. The second-order valence-corrected chi connectivity index (χ2v) is 7.57. The molecule has 3 rings (SSSR count). The van der Waals surface area contributed by atoms with Gasteiger partial charge in [0, 0.05) is 17.7 Å². The van der Waals surface area contributed by atoms with E-state index in [1.54, 1.807) is 24.3 Å². The molecule has 1 fully saturated rings. The van der Waals surface area contributed by atoms with Crippen LogP contribution in [0.1, 0.15) is 12.2 Å². The van der Waals surface area contributed by atoms with Gasteiger partial charge in [-0.05, 0) is 18.6 Å². The third-order valence-electron chi connectivity index (χ3n) is 3.59. The largest absolute Gasteiger partial charge is 0.455 e. The summed E-state index contributed by atoms with van der Waals surface area (Å²) >= 11 is 0. The quantitative estimate of drug-likeness (QED) is 0.485. The molecule has 0 saturated carbocycles. The lowest BCUT2D eigenvalue weighted by atomic mass is 10.1. The minimum atomic E-state index is -2.96. The Labute approximate surface area is 132 Å². The van der Waals surface area contributed by atoms with Crippen LogP contribution in [0.25, 0.3) is 11.3 Å². The number of nitro groups is 1. The Bertz CT molecular complexity index is 869. The van der Waals surface area contributed by atoms with Crippen molar-refractivity contribution in [3.8, 4) is 11.3 Å². The topological polar surface area (TPSA) is 103 Å². The van der Waals surface area contributed by atoms with E-state index in [1.807, 2.05) is 0 Å². The van der Waals surface area contributed by atoms with Crippen LogP contribution in [0.4, 0.5) is 5.69 Å². The van der Waals surface area contributed by atoms with Gasteiger partial charge in [0.1, 0.15) is 11.5 Å². The number of hydrogen-bond acceptors (Lipinski definition) is 6. The third kappa shape index (κ3) is 3.65. The number of nitro benzene ring substituents is 1. The van der Waals surface area contributed by atoms with Gasteiger partial charge in [-0.25, -0.2) is 8.42 Å². The van der Waals surface area contributed by atoms with Crippen molar-refractivity contribution in [1.82, 2.24) is 0 Å². The van der Waals surface area contributed by atoms with Crippen LogP contribution in [0.5, 0.6) is 0 Å². The maximum absolute atomic E-state index is 11.4. The molecule has 1 aromatic heterocycles. The molecular weight excluding hydrogens is 320 g/mol. The Morgan fingerprint density at radius 3 is 2.83 bits per heavy atom. The number of furan rings is 1. The summed E-state index contributed by atoms with van der Waals surface area (Å²) in [5.41, 5.74) is 0.590. The highest BCUT2D eigenvalue weighted by Gasteiger charge is 2.26. The van der Waals surface area contributed by atoms with E-state index < -0.39 is 14.8 Å².